The number of halogens is 3. The second-order valence-electron chi connectivity index (χ2n) is 9.64. The summed E-state index contributed by atoms with van der Waals surface area (Å²) in [6, 6.07) is 4.27. The molecule has 3 heterocycles. The molecule has 0 saturated heterocycles. The van der Waals surface area contributed by atoms with Gasteiger partial charge in [-0.15, -0.1) is 0 Å². The number of aliphatic hydroxyl groups is 1. The molecule has 34 heavy (non-hydrogen) atoms. The number of amides is 2. The smallest absolute Gasteiger partial charge is 0.322 e. The number of hydrogen-bond acceptors (Lipinski definition) is 4. The molecule has 0 bridgehead atoms. The maximum absolute atomic E-state index is 15.5. The van der Waals surface area contributed by atoms with Crippen molar-refractivity contribution in [1.82, 2.24) is 14.7 Å². The molecule has 7 nitrogen and oxygen atoms in total. The molecule has 2 amide bonds. The Hall–Kier alpha value is -3.06. The minimum atomic E-state index is -3.20. The van der Waals surface area contributed by atoms with Gasteiger partial charge in [-0.3, -0.25) is 4.68 Å². The number of carbonyl (C=O) groups is 1. The van der Waals surface area contributed by atoms with Crippen molar-refractivity contribution in [3.63, 3.8) is 0 Å². The highest BCUT2D eigenvalue weighted by molar-refractivity contribution is 5.90. The zero-order valence-corrected chi connectivity index (χ0v) is 19.4. The second-order valence-corrected chi connectivity index (χ2v) is 9.64. The van der Waals surface area contributed by atoms with Gasteiger partial charge in [-0.05, 0) is 43.4 Å². The number of rotatable bonds is 3. The van der Waals surface area contributed by atoms with Crippen LogP contribution in [0.3, 0.4) is 0 Å². The predicted octanol–water partition coefficient (Wildman–Crippen LogP) is 4.56. The Morgan fingerprint density at radius 2 is 2.15 bits per heavy atom. The van der Waals surface area contributed by atoms with Gasteiger partial charge in [-0.25, -0.2) is 9.18 Å². The molecule has 1 unspecified atom stereocenters. The van der Waals surface area contributed by atoms with Crippen LogP contribution >= 0.6 is 0 Å². The van der Waals surface area contributed by atoms with E-state index in [1.165, 1.54) is 21.7 Å². The van der Waals surface area contributed by atoms with Crippen LogP contribution in [0, 0.1) is 29.0 Å². The SMILES string of the molecule is CC(C)C1C[C@@H](CO)CC(F)(F)c2c3c(nn21)C[C@@H](C)N(C(=O)Nc1ccc(F)c(C#N)c1)C3. The van der Waals surface area contributed by atoms with Crippen molar-refractivity contribution >= 4 is 11.7 Å². The summed E-state index contributed by atoms with van der Waals surface area (Å²) in [6.45, 7) is 5.35. The quantitative estimate of drug-likeness (QED) is 0.680. The molecule has 0 fully saturated rings. The van der Waals surface area contributed by atoms with Crippen LogP contribution in [0.25, 0.3) is 0 Å². The van der Waals surface area contributed by atoms with Gasteiger partial charge >= 0.3 is 6.03 Å². The van der Waals surface area contributed by atoms with Gasteiger partial charge in [0.15, 0.2) is 0 Å². The van der Waals surface area contributed by atoms with Gasteiger partial charge in [0.1, 0.15) is 17.6 Å². The Bertz CT molecular complexity index is 1140. The molecule has 182 valence electrons. The number of nitrogens with zero attached hydrogens (tertiary/aromatic N) is 4. The van der Waals surface area contributed by atoms with Crippen molar-refractivity contribution in [2.24, 2.45) is 11.8 Å². The van der Waals surface area contributed by atoms with Gasteiger partial charge in [-0.2, -0.15) is 19.1 Å². The Balaban J connectivity index is 1.68. The van der Waals surface area contributed by atoms with E-state index in [-0.39, 0.29) is 48.1 Å². The first-order chi connectivity index (χ1) is 16.1. The molecule has 1 aromatic carbocycles. The lowest BCUT2D eigenvalue weighted by Crippen LogP contribution is -2.45. The fourth-order valence-electron chi connectivity index (χ4n) is 5.02. The number of aliphatic hydroxyl groups excluding tert-OH is 1. The Kier molecular flexibility index (Phi) is 6.34. The molecular formula is C24H28F3N5O2. The molecular weight excluding hydrogens is 447 g/mol. The number of fused-ring (bicyclic) bond motifs is 3. The van der Waals surface area contributed by atoms with Crippen molar-refractivity contribution in [3.05, 3.63) is 46.5 Å². The average molecular weight is 476 g/mol. The van der Waals surface area contributed by atoms with Crippen molar-refractivity contribution in [1.29, 1.82) is 5.26 Å². The summed E-state index contributed by atoms with van der Waals surface area (Å²) in [5.41, 5.74) is 0.778. The van der Waals surface area contributed by atoms with Gasteiger partial charge < -0.3 is 15.3 Å². The minimum absolute atomic E-state index is 0.0349. The topological polar surface area (TPSA) is 94.2 Å². The summed E-state index contributed by atoms with van der Waals surface area (Å²) >= 11 is 0. The lowest BCUT2D eigenvalue weighted by Gasteiger charge is -2.34. The zero-order valence-electron chi connectivity index (χ0n) is 19.4. The molecule has 10 heteroatoms. The molecule has 4 rings (SSSR count). The maximum Gasteiger partial charge on any atom is 0.322 e. The molecule has 2 aromatic rings. The number of hydrogen-bond donors (Lipinski definition) is 2. The molecule has 0 saturated carbocycles. The predicted molar refractivity (Wildman–Crippen MR) is 119 cm³/mol. The first-order valence-electron chi connectivity index (χ1n) is 11.4. The Morgan fingerprint density at radius 1 is 1.41 bits per heavy atom. The minimum Gasteiger partial charge on any atom is -0.396 e. The van der Waals surface area contributed by atoms with Gasteiger partial charge in [0.05, 0.1) is 23.8 Å². The summed E-state index contributed by atoms with van der Waals surface area (Å²) in [6.07, 6.45) is 0.252. The normalized spacial score (nSPS) is 23.6. The number of carbonyl (C=O) groups excluding carboxylic acids is 1. The number of alkyl halides is 2. The van der Waals surface area contributed by atoms with Crippen molar-refractivity contribution in [3.8, 4) is 6.07 Å². The number of aromatic nitrogens is 2. The fourth-order valence-corrected chi connectivity index (χ4v) is 5.02. The van der Waals surface area contributed by atoms with Crippen LogP contribution in [0.4, 0.5) is 23.7 Å². The lowest BCUT2D eigenvalue weighted by atomic mass is 9.90. The van der Waals surface area contributed by atoms with E-state index < -0.39 is 30.1 Å². The molecule has 2 N–H and O–H groups in total. The van der Waals surface area contributed by atoms with E-state index in [0.717, 1.165) is 6.07 Å². The van der Waals surface area contributed by atoms with Crippen LogP contribution in [-0.2, 0) is 18.9 Å². The van der Waals surface area contributed by atoms with Gasteiger partial charge in [0, 0.05) is 36.7 Å². The molecule has 0 radical (unpaired) electrons. The third-order valence-electron chi connectivity index (χ3n) is 6.85. The van der Waals surface area contributed by atoms with Crippen LogP contribution in [0.2, 0.25) is 0 Å². The highest BCUT2D eigenvalue weighted by Crippen LogP contribution is 2.46. The number of benzene rings is 1. The molecule has 1 aromatic heterocycles. The average Bonchev–Trinajstić information content (AvgIpc) is 3.10. The Labute approximate surface area is 196 Å². The molecule has 2 aliphatic rings. The second kappa shape index (κ2) is 8.95. The van der Waals surface area contributed by atoms with Crippen LogP contribution in [-0.4, -0.2) is 38.5 Å². The number of nitriles is 1. The van der Waals surface area contributed by atoms with Gasteiger partial charge in [0.2, 0.25) is 0 Å². The fraction of sp³-hybridized carbons (Fsp3) is 0.542. The van der Waals surface area contributed by atoms with Crippen LogP contribution in [0.15, 0.2) is 18.2 Å². The van der Waals surface area contributed by atoms with Crippen molar-refractivity contribution in [2.75, 3.05) is 11.9 Å². The highest BCUT2D eigenvalue weighted by atomic mass is 19.3. The molecule has 0 aliphatic carbocycles. The Morgan fingerprint density at radius 3 is 2.79 bits per heavy atom. The summed E-state index contributed by atoms with van der Waals surface area (Å²) in [5, 5.41) is 25.9. The van der Waals surface area contributed by atoms with Crippen LogP contribution in [0.5, 0.6) is 0 Å². The van der Waals surface area contributed by atoms with E-state index in [9.17, 15) is 14.3 Å². The van der Waals surface area contributed by atoms with Crippen LogP contribution in [0.1, 0.15) is 62.2 Å². The third kappa shape index (κ3) is 4.25. The highest BCUT2D eigenvalue weighted by Gasteiger charge is 2.48. The van der Waals surface area contributed by atoms with E-state index in [1.807, 2.05) is 20.8 Å². The van der Waals surface area contributed by atoms with E-state index in [0.29, 0.717) is 24.1 Å². The lowest BCUT2D eigenvalue weighted by molar-refractivity contribution is -0.0386. The summed E-state index contributed by atoms with van der Waals surface area (Å²) in [4.78, 5) is 14.5. The van der Waals surface area contributed by atoms with Crippen molar-refractivity contribution < 1.29 is 23.1 Å². The molecule has 3 atom stereocenters. The van der Waals surface area contributed by atoms with Gasteiger partial charge in [-0.1, -0.05) is 13.8 Å². The standard InChI is InChI=1S/C24H28F3N5O2/c1-13(2)21-7-15(12-33)9-24(26,27)22-18-11-31(14(3)6-20(18)30-32(21)22)23(34)29-17-4-5-19(25)16(8-17)10-28/h4-5,8,13-15,21,33H,6-7,9,11-12H2,1-3H3,(H,29,34)/t14-,15-,21?/m1/s1. The first kappa shape index (κ1) is 24.1. The first-order valence-corrected chi connectivity index (χ1v) is 11.4. The molecule has 2 aliphatic heterocycles. The number of anilines is 1. The van der Waals surface area contributed by atoms with E-state index in [2.05, 4.69) is 10.4 Å². The van der Waals surface area contributed by atoms with E-state index in [1.54, 1.807) is 6.07 Å². The largest absolute Gasteiger partial charge is 0.396 e. The van der Waals surface area contributed by atoms with E-state index >= 15 is 8.78 Å². The van der Waals surface area contributed by atoms with E-state index in [4.69, 9.17) is 5.26 Å². The summed E-state index contributed by atoms with van der Waals surface area (Å²) in [7, 11) is 0. The number of urea groups is 1. The summed E-state index contributed by atoms with van der Waals surface area (Å²) < 4.78 is 46.0. The van der Waals surface area contributed by atoms with Crippen LogP contribution < -0.4 is 5.32 Å². The zero-order chi connectivity index (χ0) is 24.8. The van der Waals surface area contributed by atoms with Crippen molar-refractivity contribution in [2.45, 2.75) is 64.6 Å². The third-order valence-corrected chi connectivity index (χ3v) is 6.85. The summed E-state index contributed by atoms with van der Waals surface area (Å²) in [5.74, 6) is -4.40. The monoisotopic (exact) mass is 475 g/mol. The maximum atomic E-state index is 15.5. The number of nitrogens with one attached hydrogen (secondary N) is 1. The van der Waals surface area contributed by atoms with Gasteiger partial charge in [0.25, 0.3) is 5.92 Å². The molecule has 0 spiro atoms.